The predicted octanol–water partition coefficient (Wildman–Crippen LogP) is 2.59. The molecule has 0 aliphatic heterocycles. The first-order valence-corrected chi connectivity index (χ1v) is 6.38. The summed E-state index contributed by atoms with van der Waals surface area (Å²) in [6, 6.07) is 7.31. The largest absolute Gasteiger partial charge is 0.480 e. The molecule has 0 aliphatic rings. The fourth-order valence-electron chi connectivity index (χ4n) is 1.57. The van der Waals surface area contributed by atoms with Gasteiger partial charge in [0.1, 0.15) is 5.54 Å². The van der Waals surface area contributed by atoms with Crippen LogP contribution in [0.4, 0.5) is 0 Å². The highest BCUT2D eigenvalue weighted by Crippen LogP contribution is 2.19. The molecule has 0 bridgehead atoms. The zero-order valence-corrected chi connectivity index (χ0v) is 12.1. The van der Waals surface area contributed by atoms with Crippen LogP contribution < -0.4 is 0 Å². The Hall–Kier alpha value is -1.55. The molecule has 0 atom stereocenters. The van der Waals surface area contributed by atoms with Gasteiger partial charge in [0.15, 0.2) is 0 Å². The van der Waals surface area contributed by atoms with Crippen LogP contribution in [0.5, 0.6) is 0 Å². The number of carbonyl (C=O) groups is 2. The Bertz CT molecular complexity index is 485. The Balaban J connectivity index is 2.66. The van der Waals surface area contributed by atoms with Crippen molar-refractivity contribution in [1.82, 2.24) is 4.90 Å². The summed E-state index contributed by atoms with van der Waals surface area (Å²) in [5.41, 5.74) is -0.323. The highest BCUT2D eigenvalue weighted by Gasteiger charge is 2.34. The van der Waals surface area contributed by atoms with Crippen LogP contribution in [-0.2, 0) is 16.0 Å². The van der Waals surface area contributed by atoms with Crippen molar-refractivity contribution in [1.29, 1.82) is 0 Å². The number of likely N-dealkylation sites (N-methyl/N-ethyl adjacent to an activating group) is 1. The minimum atomic E-state index is -1.21. The molecule has 0 radical (unpaired) electrons. The van der Waals surface area contributed by atoms with E-state index in [2.05, 4.69) is 0 Å². The third-order valence-electron chi connectivity index (χ3n) is 3.30. The molecule has 1 rings (SSSR count). The van der Waals surface area contributed by atoms with Gasteiger partial charge in [-0.05, 0) is 31.9 Å². The molecule has 0 saturated carbocycles. The van der Waals surface area contributed by atoms with Gasteiger partial charge in [0.25, 0.3) is 0 Å². The minimum absolute atomic E-state index is 0.215. The number of carbonyl (C=O) groups excluding carboxylic acids is 1. The molecule has 104 valence electrons. The third kappa shape index (κ3) is 3.70. The number of hydrogen-bond donors (Lipinski definition) is 1. The summed E-state index contributed by atoms with van der Waals surface area (Å²) in [6.45, 7) is 3.01. The van der Waals surface area contributed by atoms with Crippen molar-refractivity contribution < 1.29 is 14.7 Å². The standard InChI is InChI=1S/C14H18ClNO3/c1-14(2,13(18)19)16(3)12(17)9-8-10-6-4-5-7-11(10)15/h4-7H,8-9H2,1-3H3,(H,18,19). The maximum Gasteiger partial charge on any atom is 0.329 e. The average Bonchev–Trinajstić information content (AvgIpc) is 2.36. The molecule has 0 aliphatic carbocycles. The molecular weight excluding hydrogens is 266 g/mol. The summed E-state index contributed by atoms with van der Waals surface area (Å²) >= 11 is 6.01. The Morgan fingerprint density at radius 1 is 1.32 bits per heavy atom. The van der Waals surface area contributed by atoms with Gasteiger partial charge in [-0.15, -0.1) is 0 Å². The number of hydrogen-bond acceptors (Lipinski definition) is 2. The number of amides is 1. The van der Waals surface area contributed by atoms with Crippen molar-refractivity contribution in [2.45, 2.75) is 32.2 Å². The number of aliphatic carboxylic acids is 1. The van der Waals surface area contributed by atoms with E-state index in [0.717, 1.165) is 5.56 Å². The Labute approximate surface area is 118 Å². The molecule has 0 fully saturated rings. The van der Waals surface area contributed by atoms with Gasteiger partial charge in [-0.2, -0.15) is 0 Å². The van der Waals surface area contributed by atoms with Crippen molar-refractivity contribution >= 4 is 23.5 Å². The summed E-state index contributed by atoms with van der Waals surface area (Å²) in [6.07, 6.45) is 0.732. The fourth-order valence-corrected chi connectivity index (χ4v) is 1.80. The second-order valence-electron chi connectivity index (χ2n) is 4.91. The zero-order valence-electron chi connectivity index (χ0n) is 11.3. The summed E-state index contributed by atoms with van der Waals surface area (Å²) in [5, 5.41) is 9.70. The highest BCUT2D eigenvalue weighted by atomic mass is 35.5. The Morgan fingerprint density at radius 3 is 2.42 bits per heavy atom. The average molecular weight is 284 g/mol. The van der Waals surface area contributed by atoms with E-state index >= 15 is 0 Å². The molecule has 1 aromatic rings. The smallest absolute Gasteiger partial charge is 0.329 e. The lowest BCUT2D eigenvalue weighted by Crippen LogP contribution is -2.50. The normalized spacial score (nSPS) is 11.2. The van der Waals surface area contributed by atoms with Crippen LogP contribution in [0.2, 0.25) is 5.02 Å². The third-order valence-corrected chi connectivity index (χ3v) is 3.67. The van der Waals surface area contributed by atoms with Crippen LogP contribution in [0, 0.1) is 0 Å². The van der Waals surface area contributed by atoms with Gasteiger partial charge >= 0.3 is 5.97 Å². The number of carboxylic acid groups (broad SMARTS) is 1. The van der Waals surface area contributed by atoms with E-state index in [1.54, 1.807) is 6.07 Å². The molecule has 0 unspecified atom stereocenters. The summed E-state index contributed by atoms with van der Waals surface area (Å²) in [4.78, 5) is 24.3. The Morgan fingerprint density at radius 2 is 1.89 bits per heavy atom. The van der Waals surface area contributed by atoms with Crippen molar-refractivity contribution in [3.63, 3.8) is 0 Å². The van der Waals surface area contributed by atoms with Crippen LogP contribution in [0.1, 0.15) is 25.8 Å². The molecule has 0 spiro atoms. The molecule has 0 aromatic heterocycles. The quantitative estimate of drug-likeness (QED) is 0.904. The maximum absolute atomic E-state index is 12.0. The van der Waals surface area contributed by atoms with E-state index < -0.39 is 11.5 Å². The van der Waals surface area contributed by atoms with E-state index in [1.807, 2.05) is 18.2 Å². The van der Waals surface area contributed by atoms with E-state index in [9.17, 15) is 9.59 Å². The number of carboxylic acids is 1. The van der Waals surface area contributed by atoms with Gasteiger partial charge in [0, 0.05) is 18.5 Å². The number of nitrogens with zero attached hydrogens (tertiary/aromatic N) is 1. The monoisotopic (exact) mass is 283 g/mol. The van der Waals surface area contributed by atoms with Crippen LogP contribution >= 0.6 is 11.6 Å². The molecule has 1 amide bonds. The molecule has 0 heterocycles. The molecule has 5 heteroatoms. The van der Waals surface area contributed by atoms with Crippen molar-refractivity contribution in [2.24, 2.45) is 0 Å². The van der Waals surface area contributed by atoms with Crippen LogP contribution in [0.15, 0.2) is 24.3 Å². The molecule has 1 aromatic carbocycles. The highest BCUT2D eigenvalue weighted by molar-refractivity contribution is 6.31. The number of rotatable bonds is 5. The van der Waals surface area contributed by atoms with Gasteiger partial charge in [-0.25, -0.2) is 4.79 Å². The first kappa shape index (κ1) is 15.5. The van der Waals surface area contributed by atoms with E-state index in [4.69, 9.17) is 16.7 Å². The second-order valence-corrected chi connectivity index (χ2v) is 5.32. The first-order valence-electron chi connectivity index (χ1n) is 6.00. The maximum atomic E-state index is 12.0. The molecular formula is C14H18ClNO3. The van der Waals surface area contributed by atoms with Gasteiger partial charge in [-0.1, -0.05) is 29.8 Å². The SMILES string of the molecule is CN(C(=O)CCc1ccccc1Cl)C(C)(C)C(=O)O. The van der Waals surface area contributed by atoms with E-state index in [0.29, 0.717) is 11.4 Å². The van der Waals surface area contributed by atoms with Crippen LogP contribution in [0.25, 0.3) is 0 Å². The summed E-state index contributed by atoms with van der Waals surface area (Å²) in [5.74, 6) is -1.24. The lowest BCUT2D eigenvalue weighted by Gasteiger charge is -2.31. The molecule has 4 nitrogen and oxygen atoms in total. The topological polar surface area (TPSA) is 57.6 Å². The lowest BCUT2D eigenvalue weighted by atomic mass is 10.0. The zero-order chi connectivity index (χ0) is 14.6. The van der Waals surface area contributed by atoms with Crippen molar-refractivity contribution in [3.8, 4) is 0 Å². The molecule has 1 N–H and O–H groups in total. The van der Waals surface area contributed by atoms with Gasteiger partial charge in [0.2, 0.25) is 5.91 Å². The summed E-state index contributed by atoms with van der Waals surface area (Å²) < 4.78 is 0. The number of aryl methyl sites for hydroxylation is 1. The van der Waals surface area contributed by atoms with Gasteiger partial charge in [-0.3, -0.25) is 4.79 Å². The number of benzene rings is 1. The molecule has 19 heavy (non-hydrogen) atoms. The van der Waals surface area contributed by atoms with Gasteiger partial charge < -0.3 is 10.0 Å². The fraction of sp³-hybridized carbons (Fsp3) is 0.429. The predicted molar refractivity (Wildman–Crippen MR) is 74.3 cm³/mol. The van der Waals surface area contributed by atoms with Crippen LogP contribution in [0.3, 0.4) is 0 Å². The van der Waals surface area contributed by atoms with Crippen LogP contribution in [-0.4, -0.2) is 34.5 Å². The van der Waals surface area contributed by atoms with E-state index in [-0.39, 0.29) is 12.3 Å². The van der Waals surface area contributed by atoms with Crippen molar-refractivity contribution in [3.05, 3.63) is 34.9 Å². The van der Waals surface area contributed by atoms with E-state index in [1.165, 1.54) is 25.8 Å². The Kier molecular flexibility index (Phi) is 4.95. The summed E-state index contributed by atoms with van der Waals surface area (Å²) in [7, 11) is 1.50. The van der Waals surface area contributed by atoms with Gasteiger partial charge in [0.05, 0.1) is 0 Å². The lowest BCUT2D eigenvalue weighted by molar-refractivity contribution is -0.155. The van der Waals surface area contributed by atoms with Crippen molar-refractivity contribution in [2.75, 3.05) is 7.05 Å². The number of halogens is 1. The second kappa shape index (κ2) is 6.06. The molecule has 0 saturated heterocycles. The first-order chi connectivity index (χ1) is 8.76. The minimum Gasteiger partial charge on any atom is -0.480 e.